The number of aromatic nitrogens is 3. The maximum Gasteiger partial charge on any atom is 0.436 e. The van der Waals surface area contributed by atoms with Crippen molar-refractivity contribution in [3.8, 4) is 5.82 Å². The van der Waals surface area contributed by atoms with E-state index in [1.807, 2.05) is 0 Å². The number of hydrogen-bond donors (Lipinski definition) is 2. The number of amides is 1. The molecule has 0 radical (unpaired) electrons. The zero-order valence-corrected chi connectivity index (χ0v) is 15.9. The molecule has 1 aliphatic carbocycles. The highest BCUT2D eigenvalue weighted by molar-refractivity contribution is 7.99. The van der Waals surface area contributed by atoms with Crippen molar-refractivity contribution in [2.24, 2.45) is 0 Å². The van der Waals surface area contributed by atoms with Crippen LogP contribution < -0.4 is 10.8 Å². The fourth-order valence-electron chi connectivity index (χ4n) is 2.69. The van der Waals surface area contributed by atoms with Crippen LogP contribution in [0.3, 0.4) is 0 Å². The zero-order chi connectivity index (χ0) is 20.1. The second-order valence-electron chi connectivity index (χ2n) is 6.31. The molecule has 1 fully saturated rings. The normalized spacial score (nSPS) is 17.0. The van der Waals surface area contributed by atoms with Crippen LogP contribution in [0.4, 0.5) is 18.9 Å². The van der Waals surface area contributed by atoms with Crippen LogP contribution in [0.1, 0.15) is 37.1 Å². The van der Waals surface area contributed by atoms with E-state index < -0.39 is 11.9 Å². The number of rotatable bonds is 4. The highest BCUT2D eigenvalue weighted by atomic mass is 35.5. The third-order valence-corrected chi connectivity index (χ3v) is 5.38. The Morgan fingerprint density at radius 3 is 2.71 bits per heavy atom. The van der Waals surface area contributed by atoms with E-state index in [1.165, 1.54) is 18.3 Å². The molecule has 0 aromatic carbocycles. The Labute approximate surface area is 166 Å². The summed E-state index contributed by atoms with van der Waals surface area (Å²) in [4.78, 5) is 16.7. The van der Waals surface area contributed by atoms with Crippen molar-refractivity contribution in [1.82, 2.24) is 20.2 Å². The monoisotopic (exact) mass is 431 g/mol. The average Bonchev–Trinajstić information content (AvgIpc) is 3.27. The summed E-state index contributed by atoms with van der Waals surface area (Å²) < 4.78 is 45.6. The topological polar surface area (TPSA) is 81.1 Å². The van der Waals surface area contributed by atoms with Gasteiger partial charge in [-0.25, -0.2) is 9.67 Å². The van der Waals surface area contributed by atoms with Gasteiger partial charge >= 0.3 is 6.18 Å². The number of carbonyl (C=O) groups excluding carboxylic acids is 1. The van der Waals surface area contributed by atoms with Crippen molar-refractivity contribution in [2.75, 3.05) is 5.32 Å². The number of pyridine rings is 1. The number of allylic oxidation sites excluding steroid dienone is 1. The molecule has 1 aliphatic heterocycles. The lowest BCUT2D eigenvalue weighted by Gasteiger charge is -2.08. The Hall–Kier alpha value is -2.24. The molecule has 1 saturated carbocycles. The van der Waals surface area contributed by atoms with Gasteiger partial charge in [0.15, 0.2) is 11.5 Å². The third-order valence-electron chi connectivity index (χ3n) is 4.18. The standard InChI is InChI=1S/C16H13ClF3N5O2S/c1-7-13(28-27-24-7)15(26)22-9-4-5-10(21-6-9)25-12(8-2-3-8)11(17)14(23-25)16(18,19)20/h4-6,8,24H,2-3H2,1H3,(H,22,26). The van der Waals surface area contributed by atoms with Gasteiger partial charge in [-0.2, -0.15) is 22.6 Å². The van der Waals surface area contributed by atoms with Crippen molar-refractivity contribution >= 4 is 35.2 Å². The van der Waals surface area contributed by atoms with E-state index in [-0.39, 0.29) is 22.7 Å². The van der Waals surface area contributed by atoms with Crippen LogP contribution in [0, 0.1) is 0 Å². The van der Waals surface area contributed by atoms with Gasteiger partial charge in [-0.3, -0.25) is 10.3 Å². The quantitative estimate of drug-likeness (QED) is 0.707. The number of nitrogens with zero attached hydrogens (tertiary/aromatic N) is 3. The lowest BCUT2D eigenvalue weighted by molar-refractivity contribution is -0.141. The van der Waals surface area contributed by atoms with Crippen molar-refractivity contribution in [3.05, 3.63) is 45.3 Å². The molecule has 0 unspecified atom stereocenters. The maximum atomic E-state index is 13.2. The molecule has 28 heavy (non-hydrogen) atoms. The van der Waals surface area contributed by atoms with Crippen molar-refractivity contribution in [1.29, 1.82) is 0 Å². The fraction of sp³-hybridized carbons (Fsp3) is 0.312. The lowest BCUT2D eigenvalue weighted by atomic mass is 10.2. The Morgan fingerprint density at radius 1 is 1.43 bits per heavy atom. The summed E-state index contributed by atoms with van der Waals surface area (Å²) in [6.07, 6.45) is -1.81. The van der Waals surface area contributed by atoms with E-state index in [0.717, 1.165) is 29.6 Å². The van der Waals surface area contributed by atoms with Gasteiger partial charge in [-0.1, -0.05) is 11.6 Å². The van der Waals surface area contributed by atoms with Crippen LogP contribution in [-0.4, -0.2) is 20.7 Å². The average molecular weight is 432 g/mol. The molecule has 0 saturated heterocycles. The Morgan fingerprint density at radius 2 is 2.18 bits per heavy atom. The second kappa shape index (κ2) is 6.98. The first-order valence-electron chi connectivity index (χ1n) is 8.19. The van der Waals surface area contributed by atoms with Crippen molar-refractivity contribution in [2.45, 2.75) is 31.9 Å². The minimum absolute atomic E-state index is 0.0703. The maximum absolute atomic E-state index is 13.2. The minimum Gasteiger partial charge on any atom is -0.320 e. The van der Waals surface area contributed by atoms with Crippen LogP contribution in [0.2, 0.25) is 5.02 Å². The highest BCUT2D eigenvalue weighted by Gasteiger charge is 2.42. The van der Waals surface area contributed by atoms with Crippen LogP contribution in [0.5, 0.6) is 0 Å². The summed E-state index contributed by atoms with van der Waals surface area (Å²) in [7, 11) is 0. The van der Waals surface area contributed by atoms with Crippen molar-refractivity contribution in [3.63, 3.8) is 0 Å². The second-order valence-corrected chi connectivity index (χ2v) is 7.43. The molecule has 2 aliphatic rings. The smallest absolute Gasteiger partial charge is 0.320 e. The van der Waals surface area contributed by atoms with E-state index in [0.29, 0.717) is 22.0 Å². The molecular weight excluding hydrogens is 419 g/mol. The lowest BCUT2D eigenvalue weighted by Crippen LogP contribution is -2.14. The van der Waals surface area contributed by atoms with E-state index >= 15 is 0 Å². The molecule has 2 aromatic rings. The van der Waals surface area contributed by atoms with Crippen LogP contribution >= 0.6 is 23.6 Å². The van der Waals surface area contributed by atoms with Crippen LogP contribution in [-0.2, 0) is 15.3 Å². The van der Waals surface area contributed by atoms with E-state index in [4.69, 9.17) is 15.9 Å². The SMILES string of the molecule is CC1=C(C(=O)Nc2ccc(-n3nc(C(F)(F)F)c(Cl)c3C3CC3)nc2)SON1. The molecule has 2 N–H and O–H groups in total. The summed E-state index contributed by atoms with van der Waals surface area (Å²) in [5, 5.41) is 5.91. The zero-order valence-electron chi connectivity index (χ0n) is 14.3. The summed E-state index contributed by atoms with van der Waals surface area (Å²) in [5.41, 5.74) is 2.70. The first-order chi connectivity index (χ1) is 13.3. The predicted octanol–water partition coefficient (Wildman–Crippen LogP) is 4.17. The number of halogens is 4. The summed E-state index contributed by atoms with van der Waals surface area (Å²) >= 11 is 6.87. The fourth-order valence-corrected chi connectivity index (χ4v) is 3.61. The molecule has 0 atom stereocenters. The number of anilines is 1. The molecular formula is C16H13ClF3N5O2S. The van der Waals surface area contributed by atoms with Gasteiger partial charge < -0.3 is 5.32 Å². The first-order valence-corrected chi connectivity index (χ1v) is 9.31. The first kappa shape index (κ1) is 19.1. The van der Waals surface area contributed by atoms with Crippen LogP contribution in [0.25, 0.3) is 5.82 Å². The molecule has 4 rings (SSSR count). The summed E-state index contributed by atoms with van der Waals surface area (Å²) in [5.74, 6) is -0.269. The van der Waals surface area contributed by atoms with Gasteiger partial charge in [0.25, 0.3) is 5.91 Å². The summed E-state index contributed by atoms with van der Waals surface area (Å²) in [6, 6.07) is 3.01. The molecule has 0 spiro atoms. The number of hydroxylamine groups is 1. The van der Waals surface area contributed by atoms with Gasteiger partial charge in [-0.15, -0.1) is 0 Å². The minimum atomic E-state index is -4.65. The molecule has 148 valence electrons. The Bertz CT molecular complexity index is 970. The van der Waals surface area contributed by atoms with Gasteiger partial charge in [0, 0.05) is 5.92 Å². The predicted molar refractivity (Wildman–Crippen MR) is 96.5 cm³/mol. The van der Waals surface area contributed by atoms with E-state index in [9.17, 15) is 18.0 Å². The number of hydrogen-bond acceptors (Lipinski definition) is 6. The van der Waals surface area contributed by atoms with E-state index in [1.54, 1.807) is 6.92 Å². The Kier molecular flexibility index (Phi) is 4.76. The number of carbonyl (C=O) groups is 1. The molecule has 12 heteroatoms. The molecule has 1 amide bonds. The largest absolute Gasteiger partial charge is 0.436 e. The molecule has 2 aromatic heterocycles. The highest BCUT2D eigenvalue weighted by Crippen LogP contribution is 2.47. The Balaban J connectivity index is 1.61. The van der Waals surface area contributed by atoms with Gasteiger partial charge in [-0.05, 0) is 31.9 Å². The van der Waals surface area contributed by atoms with Gasteiger partial charge in [0.2, 0.25) is 0 Å². The van der Waals surface area contributed by atoms with Crippen LogP contribution in [0.15, 0.2) is 28.9 Å². The van der Waals surface area contributed by atoms with Gasteiger partial charge in [0.1, 0.15) is 4.91 Å². The summed E-state index contributed by atoms with van der Waals surface area (Å²) in [6.45, 7) is 1.69. The molecule has 3 heterocycles. The van der Waals surface area contributed by atoms with Gasteiger partial charge in [0.05, 0.1) is 40.3 Å². The molecule has 7 nitrogen and oxygen atoms in total. The third kappa shape index (κ3) is 3.56. The number of nitrogens with one attached hydrogen (secondary N) is 2. The van der Waals surface area contributed by atoms with E-state index in [2.05, 4.69) is 20.9 Å². The number of alkyl halides is 3. The van der Waals surface area contributed by atoms with Crippen molar-refractivity contribution < 1.29 is 22.2 Å². The molecule has 0 bridgehead atoms.